The molecule has 0 fully saturated rings. The van der Waals surface area contributed by atoms with Crippen molar-refractivity contribution >= 4 is 27.9 Å². The quantitative estimate of drug-likeness (QED) is 0.654. The lowest BCUT2D eigenvalue weighted by molar-refractivity contribution is 0.179. The monoisotopic (exact) mass is 247 g/mol. The van der Waals surface area contributed by atoms with E-state index >= 15 is 0 Å². The first kappa shape index (κ1) is 10.5. The highest BCUT2D eigenvalue weighted by Crippen LogP contribution is 2.27. The van der Waals surface area contributed by atoms with Gasteiger partial charge in [0, 0.05) is 18.7 Å². The van der Waals surface area contributed by atoms with Gasteiger partial charge >= 0.3 is 0 Å². The van der Waals surface area contributed by atoms with Gasteiger partial charge in [0.2, 0.25) is 0 Å². The number of aromatic nitrogens is 3. The number of pyridine rings is 2. The largest absolute Gasteiger partial charge is 0.378 e. The topological polar surface area (TPSA) is 39.4 Å². The number of halogens is 1. The Morgan fingerprint density at radius 3 is 3.06 bits per heavy atom. The van der Waals surface area contributed by atoms with Crippen molar-refractivity contribution in [3.8, 4) is 0 Å². The van der Waals surface area contributed by atoms with Crippen molar-refractivity contribution in [2.45, 2.75) is 6.61 Å². The number of rotatable bonds is 2. The van der Waals surface area contributed by atoms with Crippen LogP contribution in [0, 0.1) is 0 Å². The fourth-order valence-corrected chi connectivity index (χ4v) is 2.30. The van der Waals surface area contributed by atoms with E-state index in [1.807, 2.05) is 22.7 Å². The number of hydrogen-bond acceptors (Lipinski definition) is 3. The van der Waals surface area contributed by atoms with Crippen LogP contribution in [0.4, 0.5) is 0 Å². The zero-order valence-corrected chi connectivity index (χ0v) is 9.98. The van der Waals surface area contributed by atoms with Gasteiger partial charge in [-0.3, -0.25) is 0 Å². The lowest BCUT2D eigenvalue weighted by Gasteiger charge is -2.08. The predicted molar refractivity (Wildman–Crippen MR) is 66.2 cm³/mol. The molecule has 3 aromatic heterocycles. The Labute approximate surface area is 103 Å². The molecule has 4 nitrogen and oxygen atoms in total. The molecule has 5 heteroatoms. The van der Waals surface area contributed by atoms with Gasteiger partial charge in [0.05, 0.1) is 24.0 Å². The second-order valence-corrected chi connectivity index (χ2v) is 4.12. The standard InChI is InChI=1S/C12H10ClN3O/c1-17-7-9-6-8-2-4-14-12(13)11(8)10-3-5-15-16(9)10/h2-6H,7H2,1H3. The highest BCUT2D eigenvalue weighted by molar-refractivity contribution is 6.35. The fraction of sp³-hybridized carbons (Fsp3) is 0.167. The number of nitrogens with zero attached hydrogens (tertiary/aromatic N) is 3. The Morgan fingerprint density at radius 2 is 2.24 bits per heavy atom. The van der Waals surface area contributed by atoms with Gasteiger partial charge in [0.25, 0.3) is 0 Å². The van der Waals surface area contributed by atoms with Crippen LogP contribution >= 0.6 is 11.6 Å². The van der Waals surface area contributed by atoms with E-state index < -0.39 is 0 Å². The van der Waals surface area contributed by atoms with E-state index in [0.717, 1.165) is 22.0 Å². The Morgan fingerprint density at radius 1 is 1.35 bits per heavy atom. The van der Waals surface area contributed by atoms with Gasteiger partial charge in [-0.15, -0.1) is 0 Å². The first-order valence-corrected chi connectivity index (χ1v) is 5.58. The van der Waals surface area contributed by atoms with Gasteiger partial charge < -0.3 is 4.74 Å². The average Bonchev–Trinajstić information content (AvgIpc) is 2.78. The third-order valence-electron chi connectivity index (χ3n) is 2.72. The van der Waals surface area contributed by atoms with E-state index in [1.165, 1.54) is 0 Å². The summed E-state index contributed by atoms with van der Waals surface area (Å²) < 4.78 is 7.01. The Balaban J connectivity index is 2.47. The molecule has 0 amide bonds. The van der Waals surface area contributed by atoms with Crippen LogP contribution < -0.4 is 0 Å². The first-order valence-electron chi connectivity index (χ1n) is 5.20. The minimum atomic E-state index is 0.497. The van der Waals surface area contributed by atoms with Gasteiger partial charge in [-0.2, -0.15) is 5.10 Å². The second-order valence-electron chi connectivity index (χ2n) is 3.76. The molecular weight excluding hydrogens is 238 g/mol. The van der Waals surface area contributed by atoms with Crippen LogP contribution in [0.25, 0.3) is 16.3 Å². The van der Waals surface area contributed by atoms with Gasteiger partial charge in [0.1, 0.15) is 5.15 Å². The molecule has 0 spiro atoms. The van der Waals surface area contributed by atoms with Crippen molar-refractivity contribution in [1.82, 2.24) is 14.6 Å². The van der Waals surface area contributed by atoms with Crippen LogP contribution in [0.1, 0.15) is 5.69 Å². The summed E-state index contributed by atoms with van der Waals surface area (Å²) in [7, 11) is 1.67. The van der Waals surface area contributed by atoms with E-state index in [4.69, 9.17) is 16.3 Å². The summed E-state index contributed by atoms with van der Waals surface area (Å²) in [5, 5.41) is 6.74. The molecule has 0 bridgehead atoms. The van der Waals surface area contributed by atoms with E-state index in [2.05, 4.69) is 10.1 Å². The van der Waals surface area contributed by atoms with Gasteiger partial charge in [-0.25, -0.2) is 9.50 Å². The van der Waals surface area contributed by atoms with Gasteiger partial charge in [-0.05, 0) is 23.6 Å². The Kier molecular flexibility index (Phi) is 2.46. The number of ether oxygens (including phenoxy) is 1. The zero-order chi connectivity index (χ0) is 11.8. The predicted octanol–water partition coefficient (Wildman–Crippen LogP) is 2.68. The highest BCUT2D eigenvalue weighted by atomic mass is 35.5. The second kappa shape index (κ2) is 3.98. The highest BCUT2D eigenvalue weighted by Gasteiger charge is 2.10. The zero-order valence-electron chi connectivity index (χ0n) is 9.22. The maximum Gasteiger partial charge on any atom is 0.138 e. The number of fused-ring (bicyclic) bond motifs is 3. The van der Waals surface area contributed by atoms with Crippen molar-refractivity contribution in [2.24, 2.45) is 0 Å². The molecule has 0 atom stereocenters. The lowest BCUT2D eigenvalue weighted by Crippen LogP contribution is -2.00. The summed E-state index contributed by atoms with van der Waals surface area (Å²) in [6, 6.07) is 5.88. The van der Waals surface area contributed by atoms with E-state index in [9.17, 15) is 0 Å². The molecule has 0 saturated carbocycles. The minimum Gasteiger partial charge on any atom is -0.378 e. The Hall–Kier alpha value is -1.65. The van der Waals surface area contributed by atoms with Gasteiger partial charge in [0.15, 0.2) is 0 Å². The fourth-order valence-electron chi connectivity index (χ4n) is 2.04. The molecule has 3 heterocycles. The van der Waals surface area contributed by atoms with Crippen LogP contribution in [0.2, 0.25) is 5.15 Å². The molecule has 0 aliphatic heterocycles. The van der Waals surface area contributed by atoms with Crippen LogP contribution in [0.15, 0.2) is 30.6 Å². The average molecular weight is 248 g/mol. The summed E-state index contributed by atoms with van der Waals surface area (Å²) in [5.41, 5.74) is 1.94. The molecule has 86 valence electrons. The summed E-state index contributed by atoms with van der Waals surface area (Å²) in [6.45, 7) is 0.508. The molecule has 3 aromatic rings. The smallest absolute Gasteiger partial charge is 0.138 e. The van der Waals surface area contributed by atoms with Gasteiger partial charge in [-0.1, -0.05) is 11.6 Å². The third kappa shape index (κ3) is 1.57. The number of hydrogen-bond donors (Lipinski definition) is 0. The molecule has 0 unspecified atom stereocenters. The van der Waals surface area contributed by atoms with Crippen molar-refractivity contribution in [3.63, 3.8) is 0 Å². The van der Waals surface area contributed by atoms with E-state index in [1.54, 1.807) is 19.5 Å². The normalized spacial score (nSPS) is 11.4. The SMILES string of the molecule is COCc1cc2ccnc(Cl)c2c2ccnn12. The summed E-state index contributed by atoms with van der Waals surface area (Å²) in [4.78, 5) is 4.11. The van der Waals surface area contributed by atoms with Crippen molar-refractivity contribution < 1.29 is 4.74 Å². The Bertz CT molecular complexity index is 693. The molecule has 0 aromatic carbocycles. The molecule has 0 aliphatic rings. The van der Waals surface area contributed by atoms with E-state index in [-0.39, 0.29) is 0 Å². The summed E-state index contributed by atoms with van der Waals surface area (Å²) in [6.07, 6.45) is 3.45. The molecular formula is C12H10ClN3O. The minimum absolute atomic E-state index is 0.497. The maximum atomic E-state index is 6.14. The number of methoxy groups -OCH3 is 1. The van der Waals surface area contributed by atoms with Crippen molar-refractivity contribution in [2.75, 3.05) is 7.11 Å². The summed E-state index contributed by atoms with van der Waals surface area (Å²) >= 11 is 6.14. The molecule has 0 N–H and O–H groups in total. The maximum absolute atomic E-state index is 6.14. The first-order chi connectivity index (χ1) is 8.31. The molecule has 0 aliphatic carbocycles. The van der Waals surface area contributed by atoms with Crippen LogP contribution in [0.5, 0.6) is 0 Å². The lowest BCUT2D eigenvalue weighted by atomic mass is 10.1. The van der Waals surface area contributed by atoms with Crippen molar-refractivity contribution in [1.29, 1.82) is 0 Å². The molecule has 17 heavy (non-hydrogen) atoms. The van der Waals surface area contributed by atoms with Crippen LogP contribution in [-0.2, 0) is 11.3 Å². The molecule has 3 rings (SSSR count). The van der Waals surface area contributed by atoms with Crippen molar-refractivity contribution in [3.05, 3.63) is 41.4 Å². The molecule has 0 saturated heterocycles. The molecule has 0 radical (unpaired) electrons. The van der Waals surface area contributed by atoms with Crippen LogP contribution in [0.3, 0.4) is 0 Å². The van der Waals surface area contributed by atoms with Crippen LogP contribution in [-0.4, -0.2) is 21.7 Å². The van der Waals surface area contributed by atoms with E-state index in [0.29, 0.717) is 11.8 Å². The summed E-state index contributed by atoms with van der Waals surface area (Å²) in [5.74, 6) is 0. The third-order valence-corrected chi connectivity index (χ3v) is 3.01.